The number of nitrogens with one attached hydrogen (secondary N) is 1. The normalized spacial score (nSPS) is 25.4. The third-order valence-electron chi connectivity index (χ3n) is 5.13. The summed E-state index contributed by atoms with van der Waals surface area (Å²) in [7, 11) is 0. The highest BCUT2D eigenvalue weighted by Crippen LogP contribution is 2.49. The summed E-state index contributed by atoms with van der Waals surface area (Å²) in [6.45, 7) is 1.33. The molecule has 23 heavy (non-hydrogen) atoms. The van der Waals surface area contributed by atoms with Gasteiger partial charge < -0.3 is 10.1 Å². The number of anilines is 1. The number of amides is 1. The van der Waals surface area contributed by atoms with Gasteiger partial charge in [0.25, 0.3) is 5.91 Å². The second-order valence-electron chi connectivity index (χ2n) is 6.81. The first-order chi connectivity index (χ1) is 11.0. The minimum absolute atomic E-state index is 0.312. The topological polar surface area (TPSA) is 55.4 Å². The van der Waals surface area contributed by atoms with Crippen molar-refractivity contribution in [2.45, 2.75) is 39.0 Å². The molecule has 2 aliphatic carbocycles. The van der Waals surface area contributed by atoms with Crippen LogP contribution in [0.5, 0.6) is 0 Å². The van der Waals surface area contributed by atoms with Crippen LogP contribution in [0.15, 0.2) is 18.2 Å². The Hall–Kier alpha value is -1.91. The summed E-state index contributed by atoms with van der Waals surface area (Å²) in [4.78, 5) is 23.6. The molecule has 3 rings (SSSR count). The zero-order chi connectivity index (χ0) is 16.4. The van der Waals surface area contributed by atoms with Gasteiger partial charge in [-0.1, -0.05) is 12.5 Å². The molecule has 0 unspecified atom stereocenters. The van der Waals surface area contributed by atoms with E-state index in [-0.39, 0.29) is 18.4 Å². The third-order valence-corrected chi connectivity index (χ3v) is 5.13. The summed E-state index contributed by atoms with van der Waals surface area (Å²) < 4.78 is 18.5. The van der Waals surface area contributed by atoms with Crippen LogP contribution in [0.1, 0.15) is 37.7 Å². The first-order valence-electron chi connectivity index (χ1n) is 8.23. The SMILES string of the molecule is Cc1ccc(NC(=O)COC(=O)C[C@H]2C[C@H]3CC[C@@H]2C3)cc1F. The fourth-order valence-corrected chi connectivity index (χ4v) is 3.91. The molecule has 1 aromatic carbocycles. The number of carbonyl (C=O) groups is 2. The monoisotopic (exact) mass is 319 g/mol. The van der Waals surface area contributed by atoms with Crippen molar-refractivity contribution in [1.29, 1.82) is 0 Å². The lowest BCUT2D eigenvalue weighted by Crippen LogP contribution is -2.23. The average molecular weight is 319 g/mol. The van der Waals surface area contributed by atoms with Crippen LogP contribution in [0.2, 0.25) is 0 Å². The van der Waals surface area contributed by atoms with Gasteiger partial charge in [0.1, 0.15) is 5.82 Å². The van der Waals surface area contributed by atoms with Crippen molar-refractivity contribution in [2.75, 3.05) is 11.9 Å². The largest absolute Gasteiger partial charge is 0.456 e. The minimum Gasteiger partial charge on any atom is -0.456 e. The van der Waals surface area contributed by atoms with Crippen molar-refractivity contribution in [2.24, 2.45) is 17.8 Å². The highest BCUT2D eigenvalue weighted by Gasteiger charge is 2.40. The first kappa shape index (κ1) is 16.0. The molecule has 0 aromatic heterocycles. The molecule has 5 heteroatoms. The van der Waals surface area contributed by atoms with E-state index in [9.17, 15) is 14.0 Å². The van der Waals surface area contributed by atoms with Crippen LogP contribution in [0.3, 0.4) is 0 Å². The molecular formula is C18H22FNO3. The smallest absolute Gasteiger partial charge is 0.306 e. The highest BCUT2D eigenvalue weighted by atomic mass is 19.1. The van der Waals surface area contributed by atoms with Crippen molar-refractivity contribution in [3.8, 4) is 0 Å². The molecule has 0 heterocycles. The summed E-state index contributed by atoms with van der Waals surface area (Å²) in [6, 6.07) is 4.46. The molecule has 124 valence electrons. The fourth-order valence-electron chi connectivity index (χ4n) is 3.91. The first-order valence-corrected chi connectivity index (χ1v) is 8.23. The zero-order valence-corrected chi connectivity index (χ0v) is 13.3. The quantitative estimate of drug-likeness (QED) is 0.846. The Morgan fingerprint density at radius 1 is 1.30 bits per heavy atom. The van der Waals surface area contributed by atoms with Gasteiger partial charge in [0.15, 0.2) is 6.61 Å². The lowest BCUT2D eigenvalue weighted by Gasteiger charge is -2.20. The minimum atomic E-state index is -0.449. The van der Waals surface area contributed by atoms with Gasteiger partial charge in [-0.15, -0.1) is 0 Å². The van der Waals surface area contributed by atoms with Gasteiger partial charge in [-0.3, -0.25) is 9.59 Å². The van der Waals surface area contributed by atoms with Crippen LogP contribution in [0.4, 0.5) is 10.1 Å². The Kier molecular flexibility index (Phi) is 4.64. The molecule has 2 fully saturated rings. The molecule has 0 spiro atoms. The molecule has 1 aromatic rings. The lowest BCUT2D eigenvalue weighted by atomic mass is 9.86. The van der Waals surface area contributed by atoms with Gasteiger partial charge in [0.05, 0.1) is 0 Å². The standard InChI is InChI=1S/C18H22FNO3/c1-11-2-5-15(9-16(11)19)20-17(21)10-23-18(22)8-14-7-12-3-4-13(14)6-12/h2,5,9,12-14H,3-4,6-8,10H2,1H3,(H,20,21)/t12-,13+,14+/m0/s1. The Morgan fingerprint density at radius 2 is 2.13 bits per heavy atom. The predicted octanol–water partition coefficient (Wildman–Crippen LogP) is 3.44. The second kappa shape index (κ2) is 6.69. The van der Waals surface area contributed by atoms with Crippen molar-refractivity contribution >= 4 is 17.6 Å². The van der Waals surface area contributed by atoms with Crippen molar-refractivity contribution in [3.63, 3.8) is 0 Å². The van der Waals surface area contributed by atoms with E-state index < -0.39 is 5.91 Å². The summed E-state index contributed by atoms with van der Waals surface area (Å²) in [5, 5.41) is 2.53. The number of hydrogen-bond acceptors (Lipinski definition) is 3. The number of ether oxygens (including phenoxy) is 1. The van der Waals surface area contributed by atoms with E-state index in [0.29, 0.717) is 29.5 Å². The van der Waals surface area contributed by atoms with Crippen LogP contribution in [-0.4, -0.2) is 18.5 Å². The Morgan fingerprint density at radius 3 is 2.78 bits per heavy atom. The maximum atomic E-state index is 13.4. The van der Waals surface area contributed by atoms with Gasteiger partial charge in [-0.25, -0.2) is 4.39 Å². The Bertz CT molecular complexity index is 616. The summed E-state index contributed by atoms with van der Waals surface area (Å²) in [5.41, 5.74) is 0.877. The number of rotatable bonds is 5. The second-order valence-corrected chi connectivity index (χ2v) is 6.81. The molecule has 0 saturated heterocycles. The van der Waals surface area contributed by atoms with Gasteiger partial charge in [-0.2, -0.15) is 0 Å². The van der Waals surface area contributed by atoms with E-state index in [4.69, 9.17) is 4.74 Å². The number of esters is 1. The maximum absolute atomic E-state index is 13.4. The van der Waals surface area contributed by atoms with E-state index >= 15 is 0 Å². The molecule has 1 N–H and O–H groups in total. The Balaban J connectivity index is 1.41. The zero-order valence-electron chi connectivity index (χ0n) is 13.3. The highest BCUT2D eigenvalue weighted by molar-refractivity contribution is 5.92. The van der Waals surface area contributed by atoms with Crippen LogP contribution in [0, 0.1) is 30.5 Å². The van der Waals surface area contributed by atoms with E-state index in [2.05, 4.69) is 5.32 Å². The van der Waals surface area contributed by atoms with Crippen molar-refractivity contribution in [1.82, 2.24) is 0 Å². The Labute approximate surface area is 135 Å². The van der Waals surface area contributed by atoms with Gasteiger partial charge >= 0.3 is 5.97 Å². The number of hydrogen-bond donors (Lipinski definition) is 1. The molecule has 0 radical (unpaired) electrons. The number of aryl methyl sites for hydroxylation is 1. The molecule has 1 amide bonds. The van der Waals surface area contributed by atoms with Crippen molar-refractivity contribution in [3.05, 3.63) is 29.6 Å². The molecule has 0 aliphatic heterocycles. The van der Waals surface area contributed by atoms with E-state index in [1.54, 1.807) is 19.1 Å². The molecule has 3 atom stereocenters. The van der Waals surface area contributed by atoms with Gasteiger partial charge in [0, 0.05) is 12.1 Å². The van der Waals surface area contributed by atoms with Crippen LogP contribution in [-0.2, 0) is 14.3 Å². The van der Waals surface area contributed by atoms with E-state index in [0.717, 1.165) is 12.3 Å². The van der Waals surface area contributed by atoms with Crippen LogP contribution < -0.4 is 5.32 Å². The third kappa shape index (κ3) is 3.89. The average Bonchev–Trinajstić information content (AvgIpc) is 3.12. The molecule has 4 nitrogen and oxygen atoms in total. The number of halogens is 1. The fraction of sp³-hybridized carbons (Fsp3) is 0.556. The summed E-state index contributed by atoms with van der Waals surface area (Å²) in [5.74, 6) is 0.739. The van der Waals surface area contributed by atoms with Crippen molar-refractivity contribution < 1.29 is 18.7 Å². The lowest BCUT2D eigenvalue weighted by molar-refractivity contribution is -0.148. The molecular weight excluding hydrogens is 297 g/mol. The van der Waals surface area contributed by atoms with E-state index in [1.165, 1.54) is 25.3 Å². The van der Waals surface area contributed by atoms with Crippen LogP contribution in [0.25, 0.3) is 0 Å². The molecule has 2 saturated carbocycles. The predicted molar refractivity (Wildman–Crippen MR) is 84.3 cm³/mol. The number of fused-ring (bicyclic) bond motifs is 2. The van der Waals surface area contributed by atoms with Crippen LogP contribution >= 0.6 is 0 Å². The summed E-state index contributed by atoms with van der Waals surface area (Å²) in [6.07, 6.45) is 5.30. The van der Waals surface area contributed by atoms with E-state index in [1.807, 2.05) is 0 Å². The number of carbonyl (C=O) groups excluding carboxylic acids is 2. The molecule has 2 aliphatic rings. The summed E-state index contributed by atoms with van der Waals surface area (Å²) >= 11 is 0. The van der Waals surface area contributed by atoms with Gasteiger partial charge in [0.2, 0.25) is 0 Å². The molecule has 2 bridgehead atoms. The number of benzene rings is 1. The maximum Gasteiger partial charge on any atom is 0.306 e. The van der Waals surface area contributed by atoms with Gasteiger partial charge in [-0.05, 0) is 61.6 Å².